The lowest BCUT2D eigenvalue weighted by Gasteiger charge is -2.11. The van der Waals surface area contributed by atoms with Crippen LogP contribution in [0, 0.1) is 0 Å². The van der Waals surface area contributed by atoms with Gasteiger partial charge in [-0.25, -0.2) is 4.79 Å². The third-order valence-electron chi connectivity index (χ3n) is 3.58. The van der Waals surface area contributed by atoms with Crippen molar-refractivity contribution in [1.82, 2.24) is 5.16 Å². The van der Waals surface area contributed by atoms with Crippen LogP contribution in [0.25, 0.3) is 17.6 Å². The normalized spacial score (nSPS) is 11.2. The molecule has 2 heterocycles. The number of aromatic nitrogens is 1. The fraction of sp³-hybridized carbons (Fsp3) is 0.200. The molecule has 0 aliphatic carbocycles. The van der Waals surface area contributed by atoms with E-state index in [1.54, 1.807) is 25.1 Å². The highest BCUT2D eigenvalue weighted by molar-refractivity contribution is 5.87. The van der Waals surface area contributed by atoms with Crippen molar-refractivity contribution in [2.24, 2.45) is 0 Å². The SMILES string of the molecule is CCOc1cc(/C=C/C(=O)OCc2cc(-c3ccco3)on2)ccc1OC(F)F. The van der Waals surface area contributed by atoms with Crippen LogP contribution in [0.4, 0.5) is 8.78 Å². The summed E-state index contributed by atoms with van der Waals surface area (Å²) in [4.78, 5) is 11.9. The first-order valence-electron chi connectivity index (χ1n) is 8.61. The van der Waals surface area contributed by atoms with Crippen LogP contribution in [0.2, 0.25) is 0 Å². The number of furan rings is 1. The topological polar surface area (TPSA) is 83.9 Å². The van der Waals surface area contributed by atoms with Crippen LogP contribution in [0.1, 0.15) is 18.2 Å². The monoisotopic (exact) mass is 405 g/mol. The predicted octanol–water partition coefficient (Wildman–Crippen LogP) is 4.69. The number of carbonyl (C=O) groups is 1. The summed E-state index contributed by atoms with van der Waals surface area (Å²) in [6.07, 6.45) is 4.17. The molecular weight excluding hydrogens is 388 g/mol. The molecule has 1 aromatic carbocycles. The van der Waals surface area contributed by atoms with Gasteiger partial charge in [-0.2, -0.15) is 8.78 Å². The third-order valence-corrected chi connectivity index (χ3v) is 3.58. The number of halogens is 2. The van der Waals surface area contributed by atoms with E-state index in [1.165, 1.54) is 36.6 Å². The Morgan fingerprint density at radius 1 is 1.21 bits per heavy atom. The lowest BCUT2D eigenvalue weighted by atomic mass is 10.2. The second-order valence-corrected chi connectivity index (χ2v) is 5.62. The molecule has 0 unspecified atom stereocenters. The Balaban J connectivity index is 1.58. The molecular formula is C20H17F2NO6. The Bertz CT molecular complexity index is 965. The highest BCUT2D eigenvalue weighted by Crippen LogP contribution is 2.30. The van der Waals surface area contributed by atoms with E-state index in [0.717, 1.165) is 0 Å². The average molecular weight is 405 g/mol. The molecule has 0 N–H and O–H groups in total. The molecule has 9 heteroatoms. The molecule has 7 nitrogen and oxygen atoms in total. The van der Waals surface area contributed by atoms with Crippen molar-refractivity contribution in [2.75, 3.05) is 6.61 Å². The predicted molar refractivity (Wildman–Crippen MR) is 97.3 cm³/mol. The van der Waals surface area contributed by atoms with Gasteiger partial charge in [0.15, 0.2) is 17.3 Å². The van der Waals surface area contributed by atoms with Gasteiger partial charge < -0.3 is 23.2 Å². The number of hydrogen-bond donors (Lipinski definition) is 0. The van der Waals surface area contributed by atoms with Crippen molar-refractivity contribution in [3.05, 3.63) is 60.0 Å². The number of hydrogen-bond acceptors (Lipinski definition) is 7. The van der Waals surface area contributed by atoms with E-state index < -0.39 is 12.6 Å². The zero-order valence-corrected chi connectivity index (χ0v) is 15.3. The molecule has 29 heavy (non-hydrogen) atoms. The van der Waals surface area contributed by atoms with Gasteiger partial charge >= 0.3 is 12.6 Å². The number of ether oxygens (including phenoxy) is 3. The van der Waals surface area contributed by atoms with E-state index in [1.807, 2.05) is 0 Å². The minimum atomic E-state index is -2.96. The Hall–Kier alpha value is -3.62. The zero-order valence-electron chi connectivity index (χ0n) is 15.3. The number of alkyl halides is 2. The molecule has 0 aliphatic rings. The quantitative estimate of drug-likeness (QED) is 0.377. The van der Waals surface area contributed by atoms with E-state index in [0.29, 0.717) is 22.8 Å². The Kier molecular flexibility index (Phi) is 6.62. The van der Waals surface area contributed by atoms with Crippen molar-refractivity contribution < 1.29 is 36.7 Å². The van der Waals surface area contributed by atoms with Crippen molar-refractivity contribution >= 4 is 12.0 Å². The van der Waals surface area contributed by atoms with Crippen LogP contribution in [-0.2, 0) is 16.1 Å². The van der Waals surface area contributed by atoms with Gasteiger partial charge in [0.05, 0.1) is 12.9 Å². The van der Waals surface area contributed by atoms with Crippen LogP contribution < -0.4 is 9.47 Å². The summed E-state index contributed by atoms with van der Waals surface area (Å²) >= 11 is 0. The van der Waals surface area contributed by atoms with Crippen LogP contribution in [0.5, 0.6) is 11.5 Å². The van der Waals surface area contributed by atoms with E-state index in [9.17, 15) is 13.6 Å². The van der Waals surface area contributed by atoms with E-state index in [-0.39, 0.29) is 24.7 Å². The molecule has 3 rings (SSSR count). The molecule has 0 saturated heterocycles. The largest absolute Gasteiger partial charge is 0.490 e. The fourth-order valence-electron chi connectivity index (χ4n) is 2.36. The molecule has 3 aromatic rings. The van der Waals surface area contributed by atoms with Gasteiger partial charge in [0.25, 0.3) is 0 Å². The van der Waals surface area contributed by atoms with Gasteiger partial charge in [0, 0.05) is 12.1 Å². The van der Waals surface area contributed by atoms with Gasteiger partial charge in [-0.3, -0.25) is 0 Å². The lowest BCUT2D eigenvalue weighted by Crippen LogP contribution is -2.04. The number of rotatable bonds is 9. The summed E-state index contributed by atoms with van der Waals surface area (Å²) in [6, 6.07) is 9.37. The third kappa shape index (κ3) is 5.68. The number of benzene rings is 1. The average Bonchev–Trinajstić information content (AvgIpc) is 3.38. The standard InChI is InChI=1S/C20H17F2NO6/c1-2-25-17-10-13(5-7-16(17)28-20(21)22)6-8-19(24)27-12-14-11-18(29-23-14)15-4-3-9-26-15/h3-11,20H,2,12H2,1H3/b8-6+. The maximum atomic E-state index is 12.4. The van der Waals surface area contributed by atoms with E-state index in [4.69, 9.17) is 18.4 Å². The minimum Gasteiger partial charge on any atom is -0.490 e. The zero-order chi connectivity index (χ0) is 20.6. The summed E-state index contributed by atoms with van der Waals surface area (Å²) in [5, 5.41) is 3.80. The minimum absolute atomic E-state index is 0.0834. The lowest BCUT2D eigenvalue weighted by molar-refractivity contribution is -0.139. The van der Waals surface area contributed by atoms with Crippen LogP contribution >= 0.6 is 0 Å². The number of carbonyl (C=O) groups excluding carboxylic acids is 1. The molecule has 0 fully saturated rings. The molecule has 0 aliphatic heterocycles. The second-order valence-electron chi connectivity index (χ2n) is 5.62. The van der Waals surface area contributed by atoms with Crippen molar-refractivity contribution in [3.63, 3.8) is 0 Å². The van der Waals surface area contributed by atoms with Gasteiger partial charge in [-0.1, -0.05) is 11.2 Å². The summed E-state index contributed by atoms with van der Waals surface area (Å²) in [6.45, 7) is -1.06. The number of esters is 1. The summed E-state index contributed by atoms with van der Waals surface area (Å²) in [5.74, 6) is 0.389. The molecule has 0 amide bonds. The van der Waals surface area contributed by atoms with Gasteiger partial charge in [-0.15, -0.1) is 0 Å². The van der Waals surface area contributed by atoms with Gasteiger partial charge in [0.2, 0.25) is 5.76 Å². The highest BCUT2D eigenvalue weighted by atomic mass is 19.3. The van der Waals surface area contributed by atoms with Crippen LogP contribution in [0.3, 0.4) is 0 Å². The highest BCUT2D eigenvalue weighted by Gasteiger charge is 2.12. The molecule has 152 valence electrons. The molecule has 0 atom stereocenters. The Morgan fingerprint density at radius 2 is 2.07 bits per heavy atom. The first kappa shape index (κ1) is 20.1. The second kappa shape index (κ2) is 9.54. The van der Waals surface area contributed by atoms with Gasteiger partial charge in [0.1, 0.15) is 12.3 Å². The Morgan fingerprint density at radius 3 is 2.79 bits per heavy atom. The first-order chi connectivity index (χ1) is 14.0. The van der Waals surface area contributed by atoms with Crippen molar-refractivity contribution in [3.8, 4) is 23.0 Å². The summed E-state index contributed by atoms with van der Waals surface area (Å²) in [7, 11) is 0. The molecule has 0 saturated carbocycles. The molecule has 0 radical (unpaired) electrons. The summed E-state index contributed by atoms with van der Waals surface area (Å²) < 4.78 is 50.0. The van der Waals surface area contributed by atoms with Crippen molar-refractivity contribution in [2.45, 2.75) is 20.1 Å². The van der Waals surface area contributed by atoms with Crippen LogP contribution in [-0.4, -0.2) is 24.3 Å². The van der Waals surface area contributed by atoms with Crippen LogP contribution in [0.15, 0.2) is 57.7 Å². The fourth-order valence-corrected chi connectivity index (χ4v) is 2.36. The molecule has 0 bridgehead atoms. The van der Waals surface area contributed by atoms with Crippen molar-refractivity contribution in [1.29, 1.82) is 0 Å². The molecule has 0 spiro atoms. The molecule has 2 aromatic heterocycles. The Labute approximate surface area is 164 Å². The smallest absolute Gasteiger partial charge is 0.387 e. The van der Waals surface area contributed by atoms with Gasteiger partial charge in [-0.05, 0) is 42.8 Å². The maximum Gasteiger partial charge on any atom is 0.387 e. The van der Waals surface area contributed by atoms with E-state index in [2.05, 4.69) is 9.89 Å². The summed E-state index contributed by atoms with van der Waals surface area (Å²) in [5.41, 5.74) is 0.971. The number of nitrogens with zero attached hydrogens (tertiary/aromatic N) is 1. The van der Waals surface area contributed by atoms with E-state index >= 15 is 0 Å². The maximum absolute atomic E-state index is 12.4. The first-order valence-corrected chi connectivity index (χ1v) is 8.61.